The van der Waals surface area contributed by atoms with Crippen LogP contribution in [0.3, 0.4) is 0 Å². The van der Waals surface area contributed by atoms with E-state index < -0.39 is 0 Å². The number of hydrogen-bond acceptors (Lipinski definition) is 4. The summed E-state index contributed by atoms with van der Waals surface area (Å²) < 4.78 is 6.79. The molecule has 0 bridgehead atoms. The van der Waals surface area contributed by atoms with Crippen molar-refractivity contribution >= 4 is 23.2 Å². The monoisotopic (exact) mass is 298 g/mol. The fourth-order valence-electron chi connectivity index (χ4n) is 2.08. The van der Waals surface area contributed by atoms with Gasteiger partial charge in [0.1, 0.15) is 0 Å². The maximum absolute atomic E-state index is 11.5. The third-order valence-corrected chi connectivity index (χ3v) is 4.16. The lowest BCUT2D eigenvalue weighted by Crippen LogP contribution is -2.01. The first kappa shape index (κ1) is 13.7. The van der Waals surface area contributed by atoms with Crippen LogP contribution in [0, 0.1) is 0 Å². The molecule has 5 heteroatoms. The highest BCUT2D eigenvalue weighted by Crippen LogP contribution is 2.23. The van der Waals surface area contributed by atoms with Crippen LogP contribution in [0.5, 0.6) is 0 Å². The number of benzene rings is 1. The summed E-state index contributed by atoms with van der Waals surface area (Å²) in [6.07, 6.45) is 3.85. The molecule has 4 nitrogen and oxygen atoms in total. The van der Waals surface area contributed by atoms with Crippen molar-refractivity contribution in [2.24, 2.45) is 0 Å². The number of carbonyl (C=O) groups is 1. The van der Waals surface area contributed by atoms with Crippen molar-refractivity contribution < 1.29 is 9.53 Å². The number of nitrogens with zero attached hydrogens (tertiary/aromatic N) is 2. The largest absolute Gasteiger partial charge is 0.465 e. The van der Waals surface area contributed by atoms with E-state index in [0.717, 1.165) is 22.0 Å². The molecule has 0 aliphatic rings. The van der Waals surface area contributed by atoms with Gasteiger partial charge < -0.3 is 4.74 Å². The van der Waals surface area contributed by atoms with Crippen molar-refractivity contribution in [2.75, 3.05) is 7.11 Å². The second-order valence-electron chi connectivity index (χ2n) is 4.52. The lowest BCUT2D eigenvalue weighted by atomic mass is 10.1. The Kier molecular flexibility index (Phi) is 3.92. The van der Waals surface area contributed by atoms with Gasteiger partial charge in [-0.05, 0) is 29.8 Å². The quantitative estimate of drug-likeness (QED) is 0.547. The molecule has 0 saturated carbocycles. The van der Waals surface area contributed by atoms with E-state index >= 15 is 0 Å². The van der Waals surface area contributed by atoms with Crippen molar-refractivity contribution in [1.29, 1.82) is 0 Å². The van der Waals surface area contributed by atoms with Crippen molar-refractivity contribution in [1.82, 2.24) is 9.38 Å². The molecule has 0 aliphatic carbocycles. The molecule has 0 unspecified atom stereocenters. The van der Waals surface area contributed by atoms with E-state index in [1.54, 1.807) is 17.8 Å². The molecule has 2 aromatic heterocycles. The Hall–Kier alpha value is -2.27. The SMILES string of the molecule is COC(=O)c1cccc(CSc2ncc3ccccn23)c1. The summed E-state index contributed by atoms with van der Waals surface area (Å²) >= 11 is 1.64. The van der Waals surface area contributed by atoms with Gasteiger partial charge >= 0.3 is 5.97 Å². The Bertz CT molecular complexity index is 783. The molecule has 0 amide bonds. The predicted molar refractivity (Wildman–Crippen MR) is 82.5 cm³/mol. The summed E-state index contributed by atoms with van der Waals surface area (Å²) in [5.74, 6) is 0.437. The fraction of sp³-hybridized carbons (Fsp3) is 0.125. The highest BCUT2D eigenvalue weighted by molar-refractivity contribution is 7.98. The van der Waals surface area contributed by atoms with Crippen molar-refractivity contribution in [3.8, 4) is 0 Å². The predicted octanol–water partition coefficient (Wildman–Crippen LogP) is 3.41. The smallest absolute Gasteiger partial charge is 0.337 e. The van der Waals surface area contributed by atoms with E-state index in [0.29, 0.717) is 5.56 Å². The lowest BCUT2D eigenvalue weighted by Gasteiger charge is -2.04. The van der Waals surface area contributed by atoms with Crippen LogP contribution in [-0.2, 0) is 10.5 Å². The number of methoxy groups -OCH3 is 1. The lowest BCUT2D eigenvalue weighted by molar-refractivity contribution is 0.0600. The number of pyridine rings is 1. The van der Waals surface area contributed by atoms with Gasteiger partial charge in [0.15, 0.2) is 5.16 Å². The molecule has 106 valence electrons. The average Bonchev–Trinajstić information content (AvgIpc) is 2.95. The minimum Gasteiger partial charge on any atom is -0.465 e. The Morgan fingerprint density at radius 3 is 3.05 bits per heavy atom. The average molecular weight is 298 g/mol. The van der Waals surface area contributed by atoms with Gasteiger partial charge in [-0.3, -0.25) is 4.40 Å². The molecule has 0 radical (unpaired) electrons. The number of ether oxygens (including phenoxy) is 1. The van der Waals surface area contributed by atoms with Gasteiger partial charge in [-0.15, -0.1) is 0 Å². The Labute approximate surface area is 126 Å². The molecule has 0 atom stereocenters. The van der Waals surface area contributed by atoms with Gasteiger partial charge in [0.05, 0.1) is 24.4 Å². The zero-order chi connectivity index (χ0) is 14.7. The number of fused-ring (bicyclic) bond motifs is 1. The molecule has 21 heavy (non-hydrogen) atoms. The van der Waals surface area contributed by atoms with Crippen LogP contribution in [0.1, 0.15) is 15.9 Å². The van der Waals surface area contributed by atoms with E-state index in [4.69, 9.17) is 4.74 Å². The van der Waals surface area contributed by atoms with Gasteiger partial charge in [-0.1, -0.05) is 30.0 Å². The molecule has 0 fully saturated rings. The topological polar surface area (TPSA) is 43.6 Å². The zero-order valence-corrected chi connectivity index (χ0v) is 12.3. The molecule has 3 aromatic rings. The molecule has 0 aliphatic heterocycles. The first-order valence-electron chi connectivity index (χ1n) is 6.50. The minimum absolute atomic E-state index is 0.312. The van der Waals surface area contributed by atoms with Crippen molar-refractivity contribution in [3.05, 3.63) is 66.0 Å². The summed E-state index contributed by atoms with van der Waals surface area (Å²) in [5, 5.41) is 0.939. The Balaban J connectivity index is 1.77. The first-order chi connectivity index (χ1) is 10.3. The first-order valence-corrected chi connectivity index (χ1v) is 7.48. The van der Waals surface area contributed by atoms with Crippen molar-refractivity contribution in [2.45, 2.75) is 10.9 Å². The van der Waals surface area contributed by atoms with E-state index in [2.05, 4.69) is 9.38 Å². The molecule has 1 aromatic carbocycles. The number of carbonyl (C=O) groups excluding carboxylic acids is 1. The minimum atomic E-state index is -0.312. The molecule has 0 spiro atoms. The molecule has 0 saturated heterocycles. The maximum atomic E-state index is 11.5. The summed E-state index contributed by atoms with van der Waals surface area (Å²) in [7, 11) is 1.39. The third-order valence-electron chi connectivity index (χ3n) is 3.12. The van der Waals surface area contributed by atoms with Crippen LogP contribution in [0.25, 0.3) is 5.52 Å². The van der Waals surface area contributed by atoms with Crippen LogP contribution in [0.4, 0.5) is 0 Å². The van der Waals surface area contributed by atoms with Gasteiger partial charge in [0.2, 0.25) is 0 Å². The standard InChI is InChI=1S/C16H14N2O2S/c1-20-15(19)13-6-4-5-12(9-13)11-21-16-17-10-14-7-2-3-8-18(14)16/h2-10H,11H2,1H3. The van der Waals surface area contributed by atoms with E-state index in [1.807, 2.05) is 48.8 Å². The fourth-order valence-corrected chi connectivity index (χ4v) is 2.99. The third kappa shape index (κ3) is 2.92. The Morgan fingerprint density at radius 1 is 1.29 bits per heavy atom. The highest BCUT2D eigenvalue weighted by atomic mass is 32.2. The van der Waals surface area contributed by atoms with E-state index in [1.165, 1.54) is 7.11 Å². The number of hydrogen-bond donors (Lipinski definition) is 0. The number of thioether (sulfide) groups is 1. The number of esters is 1. The molecular weight excluding hydrogens is 284 g/mol. The van der Waals surface area contributed by atoms with Crippen LogP contribution in [0.15, 0.2) is 60.0 Å². The van der Waals surface area contributed by atoms with Gasteiger partial charge in [-0.2, -0.15) is 0 Å². The van der Waals surface area contributed by atoms with Crippen LogP contribution in [-0.4, -0.2) is 22.5 Å². The summed E-state index contributed by atoms with van der Waals surface area (Å²) in [5.41, 5.74) is 2.71. The molecule has 2 heterocycles. The molecular formula is C16H14N2O2S. The number of rotatable bonds is 4. The van der Waals surface area contributed by atoms with E-state index in [9.17, 15) is 4.79 Å². The van der Waals surface area contributed by atoms with Crippen LogP contribution >= 0.6 is 11.8 Å². The van der Waals surface area contributed by atoms with Gasteiger partial charge in [-0.25, -0.2) is 9.78 Å². The number of aromatic nitrogens is 2. The summed E-state index contributed by atoms with van der Waals surface area (Å²) in [4.78, 5) is 15.9. The zero-order valence-electron chi connectivity index (χ0n) is 11.5. The van der Waals surface area contributed by atoms with Gasteiger partial charge in [0, 0.05) is 11.9 Å². The van der Waals surface area contributed by atoms with Crippen LogP contribution < -0.4 is 0 Å². The van der Waals surface area contributed by atoms with Gasteiger partial charge in [0.25, 0.3) is 0 Å². The van der Waals surface area contributed by atoms with Crippen molar-refractivity contribution in [3.63, 3.8) is 0 Å². The maximum Gasteiger partial charge on any atom is 0.337 e. The summed E-state index contributed by atoms with van der Waals surface area (Å²) in [6, 6.07) is 13.5. The second-order valence-corrected chi connectivity index (χ2v) is 5.46. The van der Waals surface area contributed by atoms with Crippen LogP contribution in [0.2, 0.25) is 0 Å². The molecule has 3 rings (SSSR count). The summed E-state index contributed by atoms with van der Waals surface area (Å²) in [6.45, 7) is 0. The normalized spacial score (nSPS) is 10.7. The second kappa shape index (κ2) is 6.01. The highest BCUT2D eigenvalue weighted by Gasteiger charge is 2.07. The van der Waals surface area contributed by atoms with E-state index in [-0.39, 0.29) is 5.97 Å². The molecule has 0 N–H and O–H groups in total. The Morgan fingerprint density at radius 2 is 2.19 bits per heavy atom. The number of imidazole rings is 1.